The third kappa shape index (κ3) is 3.40. The number of aliphatic hydroxyl groups excluding tert-OH is 2. The van der Waals surface area contributed by atoms with Crippen molar-refractivity contribution in [3.05, 3.63) is 67.0 Å². The second-order valence-corrected chi connectivity index (χ2v) is 6.27. The second-order valence-electron chi connectivity index (χ2n) is 6.27. The molecule has 136 valence electrons. The summed E-state index contributed by atoms with van der Waals surface area (Å²) in [5, 5.41) is 22.8. The largest absolute Gasteiger partial charge is 0.394 e. The standard InChI is InChI=1S/C21H20N4O2/c26-12-16(27)11-22-20-18-17(14-7-3-1-4-8-14)19(15-9-5-2-6-10-15)25-21(18)24-13-23-20/h1-10,13,16,26-27H,11-12H2,(H2,22,23,24,25)/t16-/m1/s1. The van der Waals surface area contributed by atoms with E-state index < -0.39 is 6.10 Å². The molecule has 4 N–H and O–H groups in total. The number of hydrogen-bond donors (Lipinski definition) is 4. The Morgan fingerprint density at radius 2 is 1.59 bits per heavy atom. The molecule has 0 fully saturated rings. The fourth-order valence-corrected chi connectivity index (χ4v) is 3.15. The van der Waals surface area contributed by atoms with Crippen LogP contribution in [0.4, 0.5) is 5.82 Å². The molecule has 0 bridgehead atoms. The number of hydrogen-bond acceptors (Lipinski definition) is 5. The van der Waals surface area contributed by atoms with Crippen LogP contribution < -0.4 is 5.32 Å². The maximum atomic E-state index is 9.70. The van der Waals surface area contributed by atoms with Gasteiger partial charge in [-0.3, -0.25) is 0 Å². The molecule has 0 unspecified atom stereocenters. The van der Waals surface area contributed by atoms with Crippen LogP contribution in [0.5, 0.6) is 0 Å². The van der Waals surface area contributed by atoms with E-state index in [1.54, 1.807) is 0 Å². The van der Waals surface area contributed by atoms with Gasteiger partial charge in [-0.05, 0) is 11.1 Å². The van der Waals surface area contributed by atoms with E-state index in [1.165, 1.54) is 6.33 Å². The molecule has 2 heterocycles. The molecule has 6 nitrogen and oxygen atoms in total. The van der Waals surface area contributed by atoms with Gasteiger partial charge < -0.3 is 20.5 Å². The molecule has 4 rings (SSSR count). The zero-order valence-electron chi connectivity index (χ0n) is 14.6. The zero-order valence-corrected chi connectivity index (χ0v) is 14.6. The summed E-state index contributed by atoms with van der Waals surface area (Å²) < 4.78 is 0. The Bertz CT molecular complexity index is 1030. The Morgan fingerprint density at radius 3 is 2.26 bits per heavy atom. The number of nitrogens with zero attached hydrogens (tertiary/aromatic N) is 2. The van der Waals surface area contributed by atoms with E-state index in [1.807, 2.05) is 48.5 Å². The molecular formula is C21H20N4O2. The number of aliphatic hydroxyl groups is 2. The van der Waals surface area contributed by atoms with Crippen molar-refractivity contribution in [2.24, 2.45) is 0 Å². The molecule has 0 aliphatic carbocycles. The minimum absolute atomic E-state index is 0.197. The fraction of sp³-hybridized carbons (Fsp3) is 0.143. The zero-order chi connectivity index (χ0) is 18.6. The van der Waals surface area contributed by atoms with Crippen LogP contribution in [-0.4, -0.2) is 44.4 Å². The first kappa shape index (κ1) is 17.2. The third-order valence-corrected chi connectivity index (χ3v) is 4.43. The summed E-state index contributed by atoms with van der Waals surface area (Å²) in [5.41, 5.74) is 4.77. The Hall–Kier alpha value is -3.22. The summed E-state index contributed by atoms with van der Waals surface area (Å²) in [6.45, 7) is -0.113. The number of benzene rings is 2. The molecule has 6 heteroatoms. The van der Waals surface area contributed by atoms with Gasteiger partial charge in [-0.2, -0.15) is 0 Å². The SMILES string of the molecule is OC[C@H](O)CNc1ncnc2[nH]c(-c3ccccc3)c(-c3ccccc3)c12. The lowest BCUT2D eigenvalue weighted by Crippen LogP contribution is -2.23. The number of nitrogens with one attached hydrogen (secondary N) is 2. The van der Waals surface area contributed by atoms with Gasteiger partial charge in [0.05, 0.1) is 23.8 Å². The molecule has 0 saturated heterocycles. The molecule has 0 saturated carbocycles. The van der Waals surface area contributed by atoms with Gasteiger partial charge in [-0.15, -0.1) is 0 Å². The first-order valence-electron chi connectivity index (χ1n) is 8.78. The lowest BCUT2D eigenvalue weighted by Gasteiger charge is -2.11. The number of aromatic amines is 1. The van der Waals surface area contributed by atoms with Crippen LogP contribution in [0, 0.1) is 0 Å². The van der Waals surface area contributed by atoms with Crippen LogP contribution >= 0.6 is 0 Å². The molecule has 2 aromatic heterocycles. The summed E-state index contributed by atoms with van der Waals surface area (Å²) in [4.78, 5) is 12.2. The summed E-state index contributed by atoms with van der Waals surface area (Å²) in [6, 6.07) is 20.1. The van der Waals surface area contributed by atoms with Crippen molar-refractivity contribution in [2.45, 2.75) is 6.10 Å². The van der Waals surface area contributed by atoms with Crippen molar-refractivity contribution < 1.29 is 10.2 Å². The molecule has 0 aliphatic heterocycles. The number of H-pyrrole nitrogens is 1. The highest BCUT2D eigenvalue weighted by Crippen LogP contribution is 2.40. The number of fused-ring (bicyclic) bond motifs is 1. The molecule has 1 atom stereocenters. The van der Waals surface area contributed by atoms with Gasteiger partial charge in [0.2, 0.25) is 0 Å². The molecule has 0 radical (unpaired) electrons. The van der Waals surface area contributed by atoms with Crippen molar-refractivity contribution in [1.29, 1.82) is 0 Å². The smallest absolute Gasteiger partial charge is 0.143 e. The van der Waals surface area contributed by atoms with Crippen molar-refractivity contribution in [1.82, 2.24) is 15.0 Å². The quantitative estimate of drug-likeness (QED) is 0.424. The van der Waals surface area contributed by atoms with Gasteiger partial charge in [0, 0.05) is 12.1 Å². The van der Waals surface area contributed by atoms with Crippen LogP contribution in [0.1, 0.15) is 0 Å². The van der Waals surface area contributed by atoms with E-state index >= 15 is 0 Å². The number of aromatic nitrogens is 3. The average molecular weight is 360 g/mol. The van der Waals surface area contributed by atoms with E-state index in [-0.39, 0.29) is 13.2 Å². The van der Waals surface area contributed by atoms with Crippen molar-refractivity contribution in [2.75, 3.05) is 18.5 Å². The number of anilines is 1. The summed E-state index contributed by atoms with van der Waals surface area (Å²) in [6.07, 6.45) is 0.624. The molecule has 2 aromatic carbocycles. The minimum Gasteiger partial charge on any atom is -0.394 e. The first-order chi connectivity index (χ1) is 13.3. The fourth-order valence-electron chi connectivity index (χ4n) is 3.15. The van der Waals surface area contributed by atoms with Crippen LogP contribution in [0.3, 0.4) is 0 Å². The highest BCUT2D eigenvalue weighted by atomic mass is 16.3. The molecule has 27 heavy (non-hydrogen) atoms. The molecule has 0 amide bonds. The van der Waals surface area contributed by atoms with Crippen molar-refractivity contribution in [3.63, 3.8) is 0 Å². The van der Waals surface area contributed by atoms with E-state index in [4.69, 9.17) is 5.11 Å². The van der Waals surface area contributed by atoms with Crippen LogP contribution in [0.2, 0.25) is 0 Å². The van der Waals surface area contributed by atoms with Crippen LogP contribution in [0.25, 0.3) is 33.4 Å². The predicted molar refractivity (Wildman–Crippen MR) is 106 cm³/mol. The van der Waals surface area contributed by atoms with Gasteiger partial charge in [-0.25, -0.2) is 9.97 Å². The monoisotopic (exact) mass is 360 g/mol. The van der Waals surface area contributed by atoms with Crippen LogP contribution in [0.15, 0.2) is 67.0 Å². The summed E-state index contributed by atoms with van der Waals surface area (Å²) >= 11 is 0. The predicted octanol–water partition coefficient (Wildman–Crippen LogP) is 3.06. The Balaban J connectivity index is 1.93. The van der Waals surface area contributed by atoms with E-state index in [9.17, 15) is 5.11 Å². The van der Waals surface area contributed by atoms with Gasteiger partial charge in [0.25, 0.3) is 0 Å². The lowest BCUT2D eigenvalue weighted by atomic mass is 9.99. The van der Waals surface area contributed by atoms with Gasteiger partial charge in [-0.1, -0.05) is 60.7 Å². The van der Waals surface area contributed by atoms with E-state index in [0.717, 1.165) is 27.8 Å². The minimum atomic E-state index is -0.859. The van der Waals surface area contributed by atoms with Gasteiger partial charge in [0.1, 0.15) is 17.8 Å². The Labute approximate surface area is 156 Å². The van der Waals surface area contributed by atoms with Crippen molar-refractivity contribution in [3.8, 4) is 22.4 Å². The molecule has 0 aliphatic rings. The summed E-state index contributed by atoms with van der Waals surface area (Å²) in [7, 11) is 0. The number of rotatable bonds is 6. The highest BCUT2D eigenvalue weighted by molar-refractivity contribution is 6.07. The lowest BCUT2D eigenvalue weighted by molar-refractivity contribution is 0.105. The van der Waals surface area contributed by atoms with E-state index in [0.29, 0.717) is 11.5 Å². The van der Waals surface area contributed by atoms with E-state index in [2.05, 4.69) is 32.4 Å². The Kier molecular flexibility index (Phi) is 4.82. The average Bonchev–Trinajstić information content (AvgIpc) is 3.13. The Morgan fingerprint density at radius 1 is 0.926 bits per heavy atom. The molecule has 0 spiro atoms. The van der Waals surface area contributed by atoms with Crippen molar-refractivity contribution >= 4 is 16.9 Å². The topological polar surface area (TPSA) is 94.1 Å². The summed E-state index contributed by atoms with van der Waals surface area (Å²) in [5.74, 6) is 0.616. The van der Waals surface area contributed by atoms with Gasteiger partial charge in [0.15, 0.2) is 0 Å². The highest BCUT2D eigenvalue weighted by Gasteiger charge is 2.19. The normalized spacial score (nSPS) is 12.2. The maximum Gasteiger partial charge on any atom is 0.143 e. The van der Waals surface area contributed by atoms with Crippen LogP contribution in [-0.2, 0) is 0 Å². The first-order valence-corrected chi connectivity index (χ1v) is 8.78. The molecular weight excluding hydrogens is 340 g/mol. The maximum absolute atomic E-state index is 9.70. The second kappa shape index (κ2) is 7.57. The third-order valence-electron chi connectivity index (χ3n) is 4.43. The molecule has 4 aromatic rings. The van der Waals surface area contributed by atoms with Gasteiger partial charge >= 0.3 is 0 Å².